The zero-order valence-electron chi connectivity index (χ0n) is 10.2. The van der Waals surface area contributed by atoms with Crippen molar-refractivity contribution >= 4 is 10.0 Å². The van der Waals surface area contributed by atoms with E-state index in [9.17, 15) is 8.42 Å². The Morgan fingerprint density at radius 1 is 1.59 bits per heavy atom. The maximum atomic E-state index is 11.9. The van der Waals surface area contributed by atoms with E-state index in [0.717, 1.165) is 12.1 Å². The lowest BCUT2D eigenvalue weighted by molar-refractivity contribution is 0.537. The molecule has 1 fully saturated rings. The van der Waals surface area contributed by atoms with Gasteiger partial charge in [0.15, 0.2) is 0 Å². The largest absolute Gasteiger partial charge is 0.363 e. The molecule has 4 N–H and O–H groups in total. The standard InChI is InChI=1S/C11H19N3O2S/c1-11(2)4-8(11)6-14-17(15,16)10-3-9(5-12)13-7-10/h3,7-8,13-14H,4-6,12H2,1-2H3. The van der Waals surface area contributed by atoms with Crippen LogP contribution in [-0.4, -0.2) is 19.9 Å². The molecule has 2 rings (SSSR count). The van der Waals surface area contributed by atoms with Crippen LogP contribution in [0.5, 0.6) is 0 Å². The molecule has 0 radical (unpaired) electrons. The minimum atomic E-state index is -3.39. The average Bonchev–Trinajstić information content (AvgIpc) is 2.68. The second-order valence-electron chi connectivity index (χ2n) is 5.31. The van der Waals surface area contributed by atoms with Gasteiger partial charge in [0.05, 0.1) is 4.90 Å². The van der Waals surface area contributed by atoms with Gasteiger partial charge in [-0.2, -0.15) is 0 Å². The number of nitrogens with one attached hydrogen (secondary N) is 2. The summed E-state index contributed by atoms with van der Waals surface area (Å²) in [6.07, 6.45) is 2.55. The summed E-state index contributed by atoms with van der Waals surface area (Å²) >= 11 is 0. The molecule has 0 spiro atoms. The average molecular weight is 257 g/mol. The fraction of sp³-hybridized carbons (Fsp3) is 0.636. The molecule has 1 heterocycles. The summed E-state index contributed by atoms with van der Waals surface area (Å²) in [6, 6.07) is 1.57. The third-order valence-electron chi connectivity index (χ3n) is 3.48. The minimum Gasteiger partial charge on any atom is -0.363 e. The van der Waals surface area contributed by atoms with E-state index in [-0.39, 0.29) is 10.3 Å². The molecule has 96 valence electrons. The fourth-order valence-electron chi connectivity index (χ4n) is 1.91. The Balaban J connectivity index is 1.99. The minimum absolute atomic E-state index is 0.261. The molecule has 1 unspecified atom stereocenters. The van der Waals surface area contributed by atoms with E-state index in [2.05, 4.69) is 23.6 Å². The summed E-state index contributed by atoms with van der Waals surface area (Å²) in [5, 5.41) is 0. The summed E-state index contributed by atoms with van der Waals surface area (Å²) in [5.74, 6) is 0.449. The molecule has 1 aliphatic rings. The summed E-state index contributed by atoms with van der Waals surface area (Å²) < 4.78 is 26.5. The number of H-pyrrole nitrogens is 1. The number of nitrogens with two attached hydrogens (primary N) is 1. The molecule has 1 aliphatic carbocycles. The SMILES string of the molecule is CC1(C)CC1CNS(=O)(=O)c1c[nH]c(CN)c1. The van der Waals surface area contributed by atoms with Crippen LogP contribution in [0, 0.1) is 11.3 Å². The van der Waals surface area contributed by atoms with Crippen LogP contribution < -0.4 is 10.5 Å². The van der Waals surface area contributed by atoms with Crippen molar-refractivity contribution in [2.75, 3.05) is 6.54 Å². The third-order valence-corrected chi connectivity index (χ3v) is 4.89. The second-order valence-corrected chi connectivity index (χ2v) is 7.07. The van der Waals surface area contributed by atoms with Crippen molar-refractivity contribution in [3.63, 3.8) is 0 Å². The fourth-order valence-corrected chi connectivity index (χ4v) is 3.01. The van der Waals surface area contributed by atoms with Gasteiger partial charge < -0.3 is 10.7 Å². The quantitative estimate of drug-likeness (QED) is 0.729. The smallest absolute Gasteiger partial charge is 0.242 e. The maximum absolute atomic E-state index is 11.9. The predicted octanol–water partition coefficient (Wildman–Crippen LogP) is 0.798. The number of sulfonamides is 1. The molecule has 17 heavy (non-hydrogen) atoms. The summed E-state index contributed by atoms with van der Waals surface area (Å²) in [4.78, 5) is 3.10. The van der Waals surface area contributed by atoms with Crippen LogP contribution in [-0.2, 0) is 16.6 Å². The van der Waals surface area contributed by atoms with Crippen LogP contribution in [0.3, 0.4) is 0 Å². The molecule has 0 aromatic carbocycles. The lowest BCUT2D eigenvalue weighted by atomic mass is 10.1. The van der Waals surface area contributed by atoms with E-state index in [1.54, 1.807) is 6.07 Å². The highest BCUT2D eigenvalue weighted by atomic mass is 32.2. The summed E-state index contributed by atoms with van der Waals surface area (Å²) in [6.45, 7) is 5.12. The molecule has 1 atom stereocenters. The van der Waals surface area contributed by atoms with Gasteiger partial charge in [0.2, 0.25) is 10.0 Å². The van der Waals surface area contributed by atoms with Crippen LogP contribution in [0.4, 0.5) is 0 Å². The van der Waals surface area contributed by atoms with Gasteiger partial charge in [-0.1, -0.05) is 13.8 Å². The Kier molecular flexibility index (Phi) is 3.05. The summed E-state index contributed by atoms with van der Waals surface area (Å²) in [5.41, 5.74) is 6.43. The number of aromatic nitrogens is 1. The lowest BCUT2D eigenvalue weighted by Gasteiger charge is -2.06. The molecular weight excluding hydrogens is 238 g/mol. The van der Waals surface area contributed by atoms with E-state index >= 15 is 0 Å². The first-order valence-electron chi connectivity index (χ1n) is 5.72. The molecule has 1 aromatic heterocycles. The predicted molar refractivity (Wildman–Crippen MR) is 65.8 cm³/mol. The maximum Gasteiger partial charge on any atom is 0.242 e. The van der Waals surface area contributed by atoms with Crippen LogP contribution in [0.1, 0.15) is 26.0 Å². The van der Waals surface area contributed by atoms with E-state index < -0.39 is 10.0 Å². The van der Waals surface area contributed by atoms with E-state index in [1.165, 1.54) is 6.20 Å². The third kappa shape index (κ3) is 2.70. The zero-order chi connectivity index (χ0) is 12.7. The van der Waals surface area contributed by atoms with Gasteiger partial charge in [0.1, 0.15) is 0 Å². The highest BCUT2D eigenvalue weighted by Crippen LogP contribution is 2.51. The zero-order valence-corrected chi connectivity index (χ0v) is 11.0. The number of hydrogen-bond acceptors (Lipinski definition) is 3. The monoisotopic (exact) mass is 257 g/mol. The molecule has 0 saturated heterocycles. The molecule has 1 aromatic rings. The first-order chi connectivity index (χ1) is 7.85. The number of hydrogen-bond donors (Lipinski definition) is 3. The van der Waals surface area contributed by atoms with E-state index in [1.807, 2.05) is 0 Å². The summed E-state index contributed by atoms with van der Waals surface area (Å²) in [7, 11) is -3.39. The first kappa shape index (κ1) is 12.6. The van der Waals surface area contributed by atoms with E-state index in [4.69, 9.17) is 5.73 Å². The Morgan fingerprint density at radius 2 is 2.24 bits per heavy atom. The van der Waals surface area contributed by atoms with Crippen LogP contribution in [0.2, 0.25) is 0 Å². The van der Waals surface area contributed by atoms with Crippen molar-refractivity contribution in [2.45, 2.75) is 31.7 Å². The topological polar surface area (TPSA) is 88.0 Å². The highest BCUT2D eigenvalue weighted by molar-refractivity contribution is 7.89. The Morgan fingerprint density at radius 3 is 2.71 bits per heavy atom. The molecule has 0 amide bonds. The van der Waals surface area contributed by atoms with Crippen molar-refractivity contribution in [1.82, 2.24) is 9.71 Å². The van der Waals surface area contributed by atoms with Gasteiger partial charge in [0.25, 0.3) is 0 Å². The lowest BCUT2D eigenvalue weighted by Crippen LogP contribution is -2.26. The van der Waals surface area contributed by atoms with Crippen LogP contribution in [0.25, 0.3) is 0 Å². The van der Waals surface area contributed by atoms with Gasteiger partial charge in [-0.25, -0.2) is 13.1 Å². The van der Waals surface area contributed by atoms with Crippen LogP contribution >= 0.6 is 0 Å². The van der Waals surface area contributed by atoms with Gasteiger partial charge in [-0.3, -0.25) is 0 Å². The van der Waals surface area contributed by atoms with Crippen molar-refractivity contribution in [2.24, 2.45) is 17.1 Å². The van der Waals surface area contributed by atoms with Crippen molar-refractivity contribution < 1.29 is 8.42 Å². The molecular formula is C11H19N3O2S. The number of aromatic amines is 1. The van der Waals surface area contributed by atoms with Crippen molar-refractivity contribution in [1.29, 1.82) is 0 Å². The molecule has 0 aliphatic heterocycles. The highest BCUT2D eigenvalue weighted by Gasteiger charge is 2.45. The van der Waals surface area contributed by atoms with E-state index in [0.29, 0.717) is 19.0 Å². The molecule has 5 nitrogen and oxygen atoms in total. The normalized spacial score (nSPS) is 22.6. The Bertz CT molecular complexity index is 505. The van der Waals surface area contributed by atoms with Gasteiger partial charge in [-0.05, 0) is 23.8 Å². The van der Waals surface area contributed by atoms with Crippen LogP contribution in [0.15, 0.2) is 17.2 Å². The van der Waals surface area contributed by atoms with Crippen molar-refractivity contribution in [3.05, 3.63) is 18.0 Å². The Hall–Kier alpha value is -0.850. The first-order valence-corrected chi connectivity index (χ1v) is 7.20. The van der Waals surface area contributed by atoms with Gasteiger partial charge >= 0.3 is 0 Å². The van der Waals surface area contributed by atoms with Gasteiger partial charge in [0, 0.05) is 25.0 Å². The van der Waals surface area contributed by atoms with Crippen molar-refractivity contribution in [3.8, 4) is 0 Å². The van der Waals surface area contributed by atoms with Gasteiger partial charge in [-0.15, -0.1) is 0 Å². The second kappa shape index (κ2) is 4.12. The molecule has 1 saturated carbocycles. The molecule has 6 heteroatoms. The Labute approximate surface area is 102 Å². The molecule has 0 bridgehead atoms. The number of rotatable bonds is 5.